The zero-order valence-electron chi connectivity index (χ0n) is 11.6. The molecular weight excluding hydrogens is 241 g/mol. The molecule has 0 heterocycles. The minimum atomic E-state index is -0.244. The Hall–Kier alpha value is -1.44. The fourth-order valence-electron chi connectivity index (χ4n) is 2.22. The monoisotopic (exact) mass is 263 g/mol. The number of nitrogens with two attached hydrogens (primary N) is 1. The number of hydrogen-bond acceptors (Lipinski definition) is 3. The SMILES string of the molecule is CC(C)CN(CCC#N)C(CN)c1ccc(F)cc1. The molecule has 0 amide bonds. The van der Waals surface area contributed by atoms with Crippen molar-refractivity contribution < 1.29 is 4.39 Å². The molecule has 0 aliphatic heterocycles. The minimum Gasteiger partial charge on any atom is -0.329 e. The summed E-state index contributed by atoms with van der Waals surface area (Å²) in [7, 11) is 0. The average Bonchev–Trinajstić information content (AvgIpc) is 2.38. The first-order chi connectivity index (χ1) is 9.08. The van der Waals surface area contributed by atoms with Gasteiger partial charge in [-0.05, 0) is 23.6 Å². The highest BCUT2D eigenvalue weighted by molar-refractivity contribution is 5.20. The molecule has 0 bridgehead atoms. The molecule has 0 fully saturated rings. The number of hydrogen-bond donors (Lipinski definition) is 1. The Labute approximate surface area is 114 Å². The first-order valence-corrected chi connectivity index (χ1v) is 6.65. The molecule has 0 radical (unpaired) electrons. The maximum absolute atomic E-state index is 13.0. The first kappa shape index (κ1) is 15.6. The second kappa shape index (κ2) is 7.88. The van der Waals surface area contributed by atoms with Gasteiger partial charge in [0.25, 0.3) is 0 Å². The second-order valence-corrected chi connectivity index (χ2v) is 5.10. The second-order valence-electron chi connectivity index (χ2n) is 5.10. The summed E-state index contributed by atoms with van der Waals surface area (Å²) in [4.78, 5) is 2.21. The quantitative estimate of drug-likeness (QED) is 0.823. The van der Waals surface area contributed by atoms with Crippen LogP contribution in [0.1, 0.15) is 31.9 Å². The van der Waals surface area contributed by atoms with Gasteiger partial charge < -0.3 is 5.73 Å². The molecule has 0 aliphatic rings. The van der Waals surface area contributed by atoms with Crippen molar-refractivity contribution in [3.05, 3.63) is 35.6 Å². The Morgan fingerprint density at radius 2 is 1.95 bits per heavy atom. The molecule has 1 unspecified atom stereocenters. The zero-order chi connectivity index (χ0) is 14.3. The molecule has 3 nitrogen and oxygen atoms in total. The van der Waals surface area contributed by atoms with Crippen molar-refractivity contribution in [2.75, 3.05) is 19.6 Å². The van der Waals surface area contributed by atoms with Crippen molar-refractivity contribution in [2.45, 2.75) is 26.3 Å². The van der Waals surface area contributed by atoms with Gasteiger partial charge >= 0.3 is 0 Å². The van der Waals surface area contributed by atoms with Gasteiger partial charge in [-0.15, -0.1) is 0 Å². The lowest BCUT2D eigenvalue weighted by Gasteiger charge is -2.32. The van der Waals surface area contributed by atoms with Crippen molar-refractivity contribution in [3.63, 3.8) is 0 Å². The van der Waals surface area contributed by atoms with Gasteiger partial charge in [0.2, 0.25) is 0 Å². The van der Waals surface area contributed by atoms with E-state index in [1.807, 2.05) is 0 Å². The predicted octanol–water partition coefficient (Wildman–Crippen LogP) is 2.70. The van der Waals surface area contributed by atoms with E-state index >= 15 is 0 Å². The van der Waals surface area contributed by atoms with Crippen LogP contribution in [0.4, 0.5) is 4.39 Å². The Morgan fingerprint density at radius 1 is 1.32 bits per heavy atom. The van der Waals surface area contributed by atoms with E-state index in [0.29, 0.717) is 25.4 Å². The fraction of sp³-hybridized carbons (Fsp3) is 0.533. The van der Waals surface area contributed by atoms with Crippen LogP contribution in [-0.4, -0.2) is 24.5 Å². The normalized spacial score (nSPS) is 12.7. The molecule has 0 saturated heterocycles. The highest BCUT2D eigenvalue weighted by Crippen LogP contribution is 2.21. The van der Waals surface area contributed by atoms with E-state index in [1.165, 1.54) is 12.1 Å². The number of halogens is 1. The predicted molar refractivity (Wildman–Crippen MR) is 74.8 cm³/mol. The third kappa shape index (κ3) is 4.98. The summed E-state index contributed by atoms with van der Waals surface area (Å²) in [5.74, 6) is 0.250. The summed E-state index contributed by atoms with van der Waals surface area (Å²) in [5.41, 5.74) is 6.88. The summed E-state index contributed by atoms with van der Waals surface area (Å²) >= 11 is 0. The molecule has 104 valence electrons. The molecule has 1 aromatic rings. The van der Waals surface area contributed by atoms with E-state index in [9.17, 15) is 4.39 Å². The Kier molecular flexibility index (Phi) is 6.48. The summed E-state index contributed by atoms with van der Waals surface area (Å²) in [6.45, 7) is 6.30. The first-order valence-electron chi connectivity index (χ1n) is 6.65. The molecule has 2 N–H and O–H groups in total. The molecule has 1 rings (SSSR count). The van der Waals surface area contributed by atoms with E-state index in [2.05, 4.69) is 24.8 Å². The van der Waals surface area contributed by atoms with E-state index in [4.69, 9.17) is 11.0 Å². The van der Waals surface area contributed by atoms with Crippen molar-refractivity contribution in [1.29, 1.82) is 5.26 Å². The van der Waals surface area contributed by atoms with Gasteiger partial charge in [-0.3, -0.25) is 4.90 Å². The largest absolute Gasteiger partial charge is 0.329 e. The molecule has 0 aromatic heterocycles. The third-order valence-corrected chi connectivity index (χ3v) is 3.03. The van der Waals surface area contributed by atoms with Crippen LogP contribution in [0.25, 0.3) is 0 Å². The maximum Gasteiger partial charge on any atom is 0.123 e. The van der Waals surface area contributed by atoms with Crippen LogP contribution >= 0.6 is 0 Å². The van der Waals surface area contributed by atoms with Gasteiger partial charge in [-0.25, -0.2) is 4.39 Å². The van der Waals surface area contributed by atoms with Gasteiger partial charge in [0.15, 0.2) is 0 Å². The third-order valence-electron chi connectivity index (χ3n) is 3.03. The average molecular weight is 263 g/mol. The van der Waals surface area contributed by atoms with Crippen LogP contribution in [-0.2, 0) is 0 Å². The highest BCUT2D eigenvalue weighted by Gasteiger charge is 2.19. The van der Waals surface area contributed by atoms with Crippen LogP contribution in [0, 0.1) is 23.1 Å². The van der Waals surface area contributed by atoms with Gasteiger partial charge in [-0.1, -0.05) is 26.0 Å². The fourth-order valence-corrected chi connectivity index (χ4v) is 2.22. The molecule has 0 saturated carbocycles. The lowest BCUT2D eigenvalue weighted by molar-refractivity contribution is 0.183. The maximum atomic E-state index is 13.0. The van der Waals surface area contributed by atoms with E-state index in [-0.39, 0.29) is 11.9 Å². The van der Waals surface area contributed by atoms with Crippen LogP contribution in [0.5, 0.6) is 0 Å². The topological polar surface area (TPSA) is 53.0 Å². The summed E-state index contributed by atoms with van der Waals surface area (Å²) in [5, 5.41) is 8.75. The molecular formula is C15H22FN3. The van der Waals surface area contributed by atoms with E-state index in [0.717, 1.165) is 12.1 Å². The number of nitrogens with zero attached hydrogens (tertiary/aromatic N) is 2. The summed E-state index contributed by atoms with van der Waals surface area (Å²) in [6.07, 6.45) is 0.477. The molecule has 0 spiro atoms. The van der Waals surface area contributed by atoms with Crippen molar-refractivity contribution in [1.82, 2.24) is 4.90 Å². The Bertz CT molecular complexity index is 408. The smallest absolute Gasteiger partial charge is 0.123 e. The van der Waals surface area contributed by atoms with Gasteiger partial charge in [0, 0.05) is 32.1 Å². The number of nitriles is 1. The zero-order valence-corrected chi connectivity index (χ0v) is 11.6. The molecule has 1 aromatic carbocycles. The minimum absolute atomic E-state index is 0.0383. The van der Waals surface area contributed by atoms with Crippen LogP contribution in [0.3, 0.4) is 0 Å². The lowest BCUT2D eigenvalue weighted by Crippen LogP contribution is -2.37. The molecule has 0 aliphatic carbocycles. The van der Waals surface area contributed by atoms with Crippen LogP contribution in [0.15, 0.2) is 24.3 Å². The van der Waals surface area contributed by atoms with Crippen molar-refractivity contribution in [2.24, 2.45) is 11.7 Å². The number of benzene rings is 1. The molecule has 4 heteroatoms. The molecule has 19 heavy (non-hydrogen) atoms. The standard InChI is InChI=1S/C15H22FN3/c1-12(2)11-19(9-3-8-17)15(10-18)13-4-6-14(16)7-5-13/h4-7,12,15H,3,9-11,18H2,1-2H3. The van der Waals surface area contributed by atoms with Gasteiger partial charge in [0.05, 0.1) is 6.07 Å². The number of rotatable bonds is 7. The van der Waals surface area contributed by atoms with Crippen molar-refractivity contribution >= 4 is 0 Å². The van der Waals surface area contributed by atoms with Crippen LogP contribution in [0.2, 0.25) is 0 Å². The highest BCUT2D eigenvalue weighted by atomic mass is 19.1. The van der Waals surface area contributed by atoms with E-state index in [1.54, 1.807) is 12.1 Å². The lowest BCUT2D eigenvalue weighted by atomic mass is 10.0. The summed E-state index contributed by atoms with van der Waals surface area (Å²) < 4.78 is 13.0. The molecule has 1 atom stereocenters. The van der Waals surface area contributed by atoms with Crippen molar-refractivity contribution in [3.8, 4) is 6.07 Å². The van der Waals surface area contributed by atoms with E-state index < -0.39 is 0 Å². The van der Waals surface area contributed by atoms with Gasteiger partial charge in [-0.2, -0.15) is 5.26 Å². The van der Waals surface area contributed by atoms with Crippen LogP contribution < -0.4 is 5.73 Å². The van der Waals surface area contributed by atoms with Gasteiger partial charge in [0.1, 0.15) is 5.82 Å². The Balaban J connectivity index is 2.88. The summed E-state index contributed by atoms with van der Waals surface area (Å²) in [6, 6.07) is 8.66. The Morgan fingerprint density at radius 3 is 2.42 bits per heavy atom.